The lowest BCUT2D eigenvalue weighted by molar-refractivity contribution is 0.0602. The number of aryl methyl sites for hydroxylation is 1. The van der Waals surface area contributed by atoms with Crippen LogP contribution in [-0.2, 0) is 4.74 Å². The molecule has 0 spiro atoms. The molecule has 0 radical (unpaired) electrons. The van der Waals surface area contributed by atoms with Gasteiger partial charge in [-0.05, 0) is 44.4 Å². The van der Waals surface area contributed by atoms with Crippen LogP contribution in [0.3, 0.4) is 0 Å². The minimum absolute atomic E-state index is 0.378. The average molecular weight is 292 g/mol. The second-order valence-electron chi connectivity index (χ2n) is 5.52. The molecule has 0 saturated carbocycles. The van der Waals surface area contributed by atoms with Gasteiger partial charge in [0.15, 0.2) is 0 Å². The Morgan fingerprint density at radius 1 is 1.38 bits per heavy atom. The van der Waals surface area contributed by atoms with Crippen molar-refractivity contribution in [2.45, 2.75) is 53.0 Å². The van der Waals surface area contributed by atoms with E-state index in [-0.39, 0.29) is 5.97 Å². The van der Waals surface area contributed by atoms with Crippen molar-refractivity contribution in [1.29, 1.82) is 0 Å². The molecule has 0 aliphatic rings. The zero-order valence-electron chi connectivity index (χ0n) is 13.9. The topological polar surface area (TPSA) is 55.6 Å². The van der Waals surface area contributed by atoms with Crippen molar-refractivity contribution in [2.75, 3.05) is 24.3 Å². The number of carbonyl (C=O) groups excluding carboxylic acids is 1. The number of rotatable bonds is 7. The SMILES string of the molecule is CCCCN(c1cc(C)c(N)c(C(=O)OC)c1)C(C)CC. The van der Waals surface area contributed by atoms with Crippen LogP contribution < -0.4 is 10.6 Å². The van der Waals surface area contributed by atoms with E-state index >= 15 is 0 Å². The highest BCUT2D eigenvalue weighted by Gasteiger charge is 2.18. The number of esters is 1. The van der Waals surface area contributed by atoms with Gasteiger partial charge in [-0.3, -0.25) is 0 Å². The number of nitrogens with two attached hydrogens (primary N) is 1. The molecule has 2 N–H and O–H groups in total. The third kappa shape index (κ3) is 4.13. The summed E-state index contributed by atoms with van der Waals surface area (Å²) in [5, 5.41) is 0. The van der Waals surface area contributed by atoms with Gasteiger partial charge in [-0.1, -0.05) is 20.3 Å². The smallest absolute Gasteiger partial charge is 0.340 e. The fourth-order valence-corrected chi connectivity index (χ4v) is 2.38. The molecule has 0 amide bonds. The van der Waals surface area contributed by atoms with Crippen LogP contribution in [0.25, 0.3) is 0 Å². The van der Waals surface area contributed by atoms with Crippen LogP contribution >= 0.6 is 0 Å². The number of carbonyl (C=O) groups is 1. The summed E-state index contributed by atoms with van der Waals surface area (Å²) in [5.41, 5.74) is 8.94. The van der Waals surface area contributed by atoms with Gasteiger partial charge >= 0.3 is 5.97 Å². The number of ether oxygens (including phenoxy) is 1. The van der Waals surface area contributed by atoms with Gasteiger partial charge in [0.2, 0.25) is 0 Å². The fraction of sp³-hybridized carbons (Fsp3) is 0.588. The fourth-order valence-electron chi connectivity index (χ4n) is 2.38. The van der Waals surface area contributed by atoms with Gasteiger partial charge in [0.25, 0.3) is 0 Å². The van der Waals surface area contributed by atoms with Gasteiger partial charge in [-0.15, -0.1) is 0 Å². The van der Waals surface area contributed by atoms with Gasteiger partial charge < -0.3 is 15.4 Å². The molecule has 4 heteroatoms. The maximum atomic E-state index is 11.9. The number of methoxy groups -OCH3 is 1. The summed E-state index contributed by atoms with van der Waals surface area (Å²) in [5.74, 6) is -0.378. The molecule has 0 aliphatic carbocycles. The summed E-state index contributed by atoms with van der Waals surface area (Å²) in [6, 6.07) is 4.34. The van der Waals surface area contributed by atoms with Crippen LogP contribution in [0.5, 0.6) is 0 Å². The number of hydrogen-bond acceptors (Lipinski definition) is 4. The van der Waals surface area contributed by atoms with E-state index in [4.69, 9.17) is 10.5 Å². The maximum absolute atomic E-state index is 11.9. The van der Waals surface area contributed by atoms with E-state index in [0.717, 1.165) is 37.1 Å². The Morgan fingerprint density at radius 3 is 2.57 bits per heavy atom. The Bertz CT molecular complexity index is 486. The number of nitrogens with zero attached hydrogens (tertiary/aromatic N) is 1. The molecule has 0 fully saturated rings. The van der Waals surface area contributed by atoms with E-state index in [0.29, 0.717) is 17.3 Å². The van der Waals surface area contributed by atoms with Crippen LogP contribution in [0.2, 0.25) is 0 Å². The number of unbranched alkanes of at least 4 members (excludes halogenated alkanes) is 1. The first-order valence-corrected chi connectivity index (χ1v) is 7.71. The Labute approximate surface area is 128 Å². The Kier molecular flexibility index (Phi) is 6.53. The monoisotopic (exact) mass is 292 g/mol. The van der Waals surface area contributed by atoms with Crippen LogP contribution in [0, 0.1) is 6.92 Å². The Morgan fingerprint density at radius 2 is 2.05 bits per heavy atom. The van der Waals surface area contributed by atoms with Crippen molar-refractivity contribution in [1.82, 2.24) is 0 Å². The summed E-state index contributed by atoms with van der Waals surface area (Å²) >= 11 is 0. The molecule has 118 valence electrons. The zero-order valence-corrected chi connectivity index (χ0v) is 13.9. The third-order valence-electron chi connectivity index (χ3n) is 3.98. The van der Waals surface area contributed by atoms with Crippen LogP contribution in [0.1, 0.15) is 56.0 Å². The molecule has 0 aromatic heterocycles. The lowest BCUT2D eigenvalue weighted by atomic mass is 10.0. The maximum Gasteiger partial charge on any atom is 0.340 e. The van der Waals surface area contributed by atoms with Crippen molar-refractivity contribution >= 4 is 17.3 Å². The van der Waals surface area contributed by atoms with Crippen molar-refractivity contribution in [3.8, 4) is 0 Å². The first-order chi connectivity index (χ1) is 9.96. The van der Waals surface area contributed by atoms with Crippen molar-refractivity contribution in [3.63, 3.8) is 0 Å². The number of benzene rings is 1. The predicted octanol–water partition coefficient (Wildman–Crippen LogP) is 3.77. The minimum atomic E-state index is -0.378. The largest absolute Gasteiger partial charge is 0.465 e. The van der Waals surface area contributed by atoms with E-state index in [9.17, 15) is 4.79 Å². The lowest BCUT2D eigenvalue weighted by Gasteiger charge is -2.31. The molecule has 4 nitrogen and oxygen atoms in total. The van der Waals surface area contributed by atoms with Crippen molar-refractivity contribution < 1.29 is 9.53 Å². The first kappa shape index (κ1) is 17.3. The molecule has 0 aliphatic heterocycles. The molecule has 21 heavy (non-hydrogen) atoms. The van der Waals surface area contributed by atoms with E-state index in [1.807, 2.05) is 13.0 Å². The molecule has 1 aromatic carbocycles. The minimum Gasteiger partial charge on any atom is -0.465 e. The second-order valence-corrected chi connectivity index (χ2v) is 5.52. The lowest BCUT2D eigenvalue weighted by Crippen LogP contribution is -2.33. The van der Waals surface area contributed by atoms with E-state index < -0.39 is 0 Å². The number of nitrogen functional groups attached to an aromatic ring is 1. The second kappa shape index (κ2) is 7.91. The number of hydrogen-bond donors (Lipinski definition) is 1. The summed E-state index contributed by atoms with van der Waals surface area (Å²) in [6.07, 6.45) is 3.33. The van der Waals surface area contributed by atoms with Crippen molar-refractivity contribution in [2.24, 2.45) is 0 Å². The summed E-state index contributed by atoms with van der Waals surface area (Å²) in [7, 11) is 1.38. The van der Waals surface area contributed by atoms with E-state index in [2.05, 4.69) is 31.7 Å². The van der Waals surface area contributed by atoms with Crippen molar-refractivity contribution in [3.05, 3.63) is 23.3 Å². The van der Waals surface area contributed by atoms with E-state index in [1.54, 1.807) is 0 Å². The molecule has 0 heterocycles. The summed E-state index contributed by atoms with van der Waals surface area (Å²) in [4.78, 5) is 14.2. The summed E-state index contributed by atoms with van der Waals surface area (Å²) in [6.45, 7) is 9.48. The third-order valence-corrected chi connectivity index (χ3v) is 3.98. The van der Waals surface area contributed by atoms with Gasteiger partial charge in [0, 0.05) is 24.0 Å². The Hall–Kier alpha value is -1.71. The van der Waals surface area contributed by atoms with Crippen LogP contribution in [-0.4, -0.2) is 25.7 Å². The van der Waals surface area contributed by atoms with Gasteiger partial charge in [-0.2, -0.15) is 0 Å². The van der Waals surface area contributed by atoms with E-state index in [1.165, 1.54) is 7.11 Å². The van der Waals surface area contributed by atoms with Crippen LogP contribution in [0.15, 0.2) is 12.1 Å². The molecule has 0 bridgehead atoms. The van der Waals surface area contributed by atoms with Crippen LogP contribution in [0.4, 0.5) is 11.4 Å². The van der Waals surface area contributed by atoms with Gasteiger partial charge in [0.1, 0.15) is 0 Å². The van der Waals surface area contributed by atoms with Gasteiger partial charge in [-0.25, -0.2) is 4.79 Å². The molecule has 1 atom stereocenters. The average Bonchev–Trinajstić information content (AvgIpc) is 2.49. The predicted molar refractivity (Wildman–Crippen MR) is 88.9 cm³/mol. The highest BCUT2D eigenvalue weighted by Crippen LogP contribution is 2.28. The highest BCUT2D eigenvalue weighted by atomic mass is 16.5. The number of anilines is 2. The molecule has 1 aromatic rings. The molecular formula is C17H28N2O2. The van der Waals surface area contributed by atoms with Gasteiger partial charge in [0.05, 0.1) is 12.7 Å². The molecule has 1 unspecified atom stereocenters. The normalized spacial score (nSPS) is 12.0. The quantitative estimate of drug-likeness (QED) is 0.614. The standard InChI is InChI=1S/C17H28N2O2/c1-6-8-9-19(13(4)7-2)14-10-12(3)16(18)15(11-14)17(20)21-5/h10-11,13H,6-9,18H2,1-5H3. The zero-order chi connectivity index (χ0) is 16.0. The summed E-state index contributed by atoms with van der Waals surface area (Å²) < 4.78 is 4.84. The Balaban J connectivity index is 3.24. The highest BCUT2D eigenvalue weighted by molar-refractivity contribution is 5.97. The molecule has 1 rings (SSSR count). The first-order valence-electron chi connectivity index (χ1n) is 7.71. The molecule has 0 saturated heterocycles. The molecular weight excluding hydrogens is 264 g/mol.